The van der Waals surface area contributed by atoms with Gasteiger partial charge in [0, 0.05) is 12.6 Å². The Kier molecular flexibility index (Phi) is 7.06. The van der Waals surface area contributed by atoms with Gasteiger partial charge in [0.2, 0.25) is 0 Å². The topological polar surface area (TPSA) is 42.7 Å². The second-order valence-electron chi connectivity index (χ2n) is 6.03. The van der Waals surface area contributed by atoms with Crippen LogP contribution in [0.25, 0.3) is 0 Å². The van der Waals surface area contributed by atoms with Crippen molar-refractivity contribution in [3.05, 3.63) is 12.2 Å². The van der Waals surface area contributed by atoms with Crippen molar-refractivity contribution in [2.24, 2.45) is 0 Å². The highest BCUT2D eigenvalue weighted by Crippen LogP contribution is 2.19. The molecule has 0 saturated heterocycles. The molecule has 0 aromatic carbocycles. The van der Waals surface area contributed by atoms with E-state index in [9.17, 15) is 0 Å². The Bertz CT molecular complexity index is 357. The SMILES string of the molecule is CCCCCCCCCCn1ncnc1CNC1CC1. The second-order valence-corrected chi connectivity index (χ2v) is 6.03. The lowest BCUT2D eigenvalue weighted by molar-refractivity contribution is 0.495. The van der Waals surface area contributed by atoms with Gasteiger partial charge in [-0.15, -0.1) is 0 Å². The van der Waals surface area contributed by atoms with Gasteiger partial charge in [0.05, 0.1) is 6.54 Å². The van der Waals surface area contributed by atoms with Crippen molar-refractivity contribution in [1.29, 1.82) is 0 Å². The van der Waals surface area contributed by atoms with E-state index in [1.807, 2.05) is 0 Å². The number of nitrogens with zero attached hydrogens (tertiary/aromatic N) is 3. The van der Waals surface area contributed by atoms with Crippen LogP contribution in [0.1, 0.15) is 77.0 Å². The molecule has 0 spiro atoms. The molecule has 4 nitrogen and oxygen atoms in total. The summed E-state index contributed by atoms with van der Waals surface area (Å²) >= 11 is 0. The maximum atomic E-state index is 4.35. The Balaban J connectivity index is 1.51. The van der Waals surface area contributed by atoms with Crippen LogP contribution in [0.5, 0.6) is 0 Å². The predicted molar refractivity (Wildman–Crippen MR) is 82.5 cm³/mol. The quantitative estimate of drug-likeness (QED) is 0.593. The summed E-state index contributed by atoms with van der Waals surface area (Å²) in [5.74, 6) is 1.10. The zero-order chi connectivity index (χ0) is 14.0. The van der Waals surface area contributed by atoms with E-state index < -0.39 is 0 Å². The van der Waals surface area contributed by atoms with Crippen LogP contribution in [0.3, 0.4) is 0 Å². The van der Waals surface area contributed by atoms with Crippen LogP contribution in [0.15, 0.2) is 6.33 Å². The molecule has 114 valence electrons. The Morgan fingerprint density at radius 2 is 1.80 bits per heavy atom. The summed E-state index contributed by atoms with van der Waals surface area (Å²) < 4.78 is 2.08. The van der Waals surface area contributed by atoms with Gasteiger partial charge in [-0.25, -0.2) is 9.67 Å². The number of unbranched alkanes of at least 4 members (excludes halogenated alkanes) is 7. The second kappa shape index (κ2) is 9.11. The van der Waals surface area contributed by atoms with Gasteiger partial charge < -0.3 is 5.32 Å². The molecule has 0 bridgehead atoms. The first-order chi connectivity index (χ1) is 9.90. The Morgan fingerprint density at radius 3 is 2.50 bits per heavy atom. The van der Waals surface area contributed by atoms with Crippen molar-refractivity contribution in [2.75, 3.05) is 0 Å². The van der Waals surface area contributed by atoms with Gasteiger partial charge in [-0.2, -0.15) is 5.10 Å². The van der Waals surface area contributed by atoms with Crippen LogP contribution >= 0.6 is 0 Å². The smallest absolute Gasteiger partial charge is 0.140 e. The number of hydrogen-bond acceptors (Lipinski definition) is 3. The van der Waals surface area contributed by atoms with E-state index in [0.29, 0.717) is 0 Å². The molecular weight excluding hydrogens is 248 g/mol. The molecule has 1 aromatic rings. The molecule has 1 aliphatic carbocycles. The Morgan fingerprint density at radius 1 is 1.10 bits per heavy atom. The maximum Gasteiger partial charge on any atom is 0.140 e. The van der Waals surface area contributed by atoms with Gasteiger partial charge in [0.1, 0.15) is 12.2 Å². The third kappa shape index (κ3) is 6.04. The van der Waals surface area contributed by atoms with Gasteiger partial charge in [-0.05, 0) is 19.3 Å². The molecule has 2 rings (SSSR count). The van der Waals surface area contributed by atoms with Gasteiger partial charge in [0.25, 0.3) is 0 Å². The Hall–Kier alpha value is -0.900. The van der Waals surface area contributed by atoms with Crippen LogP contribution in [-0.2, 0) is 13.1 Å². The highest BCUT2D eigenvalue weighted by atomic mass is 15.3. The number of aromatic nitrogens is 3. The highest BCUT2D eigenvalue weighted by molar-refractivity contribution is 4.88. The van der Waals surface area contributed by atoms with Crippen LogP contribution in [0, 0.1) is 0 Å². The molecule has 0 amide bonds. The molecule has 0 aliphatic heterocycles. The summed E-state index contributed by atoms with van der Waals surface area (Å²) in [6, 6.07) is 0.739. The number of rotatable bonds is 12. The lowest BCUT2D eigenvalue weighted by atomic mass is 10.1. The summed E-state index contributed by atoms with van der Waals surface area (Å²) in [7, 11) is 0. The fraction of sp³-hybridized carbons (Fsp3) is 0.875. The first kappa shape index (κ1) is 15.5. The molecule has 0 unspecified atom stereocenters. The zero-order valence-corrected chi connectivity index (χ0v) is 13.0. The average molecular weight is 278 g/mol. The molecule has 1 saturated carbocycles. The summed E-state index contributed by atoms with van der Waals surface area (Å²) in [6.45, 7) is 4.17. The fourth-order valence-corrected chi connectivity index (χ4v) is 2.53. The molecule has 1 aromatic heterocycles. The van der Waals surface area contributed by atoms with Crippen molar-refractivity contribution in [3.8, 4) is 0 Å². The zero-order valence-electron chi connectivity index (χ0n) is 13.0. The molecule has 4 heteroatoms. The van der Waals surface area contributed by atoms with Gasteiger partial charge in [-0.3, -0.25) is 0 Å². The average Bonchev–Trinajstić information content (AvgIpc) is 3.19. The molecule has 1 fully saturated rings. The first-order valence-electron chi connectivity index (χ1n) is 8.50. The van der Waals surface area contributed by atoms with E-state index in [1.54, 1.807) is 6.33 Å². The number of nitrogens with one attached hydrogen (secondary N) is 1. The van der Waals surface area contributed by atoms with Crippen molar-refractivity contribution in [3.63, 3.8) is 0 Å². The van der Waals surface area contributed by atoms with Crippen molar-refractivity contribution >= 4 is 0 Å². The highest BCUT2D eigenvalue weighted by Gasteiger charge is 2.20. The molecule has 1 heterocycles. The normalized spacial score (nSPS) is 14.8. The largest absolute Gasteiger partial charge is 0.307 e. The molecule has 0 radical (unpaired) electrons. The van der Waals surface area contributed by atoms with Gasteiger partial charge >= 0.3 is 0 Å². The Labute approximate surface area is 123 Å². The lowest BCUT2D eigenvalue weighted by Crippen LogP contribution is -2.19. The maximum absolute atomic E-state index is 4.35. The van der Waals surface area contributed by atoms with Gasteiger partial charge in [0.15, 0.2) is 0 Å². The van der Waals surface area contributed by atoms with E-state index in [2.05, 4.69) is 27.0 Å². The minimum atomic E-state index is 0.739. The fourth-order valence-electron chi connectivity index (χ4n) is 2.53. The van der Waals surface area contributed by atoms with Crippen LogP contribution in [0.4, 0.5) is 0 Å². The van der Waals surface area contributed by atoms with Crippen molar-refractivity contribution in [1.82, 2.24) is 20.1 Å². The standard InChI is InChI=1S/C16H30N4/c1-2-3-4-5-6-7-8-9-12-20-16(18-14-19-20)13-17-15-10-11-15/h14-15,17H,2-13H2,1H3. The molecule has 0 atom stereocenters. The van der Waals surface area contributed by atoms with E-state index in [1.165, 1.54) is 64.2 Å². The van der Waals surface area contributed by atoms with Crippen molar-refractivity contribution in [2.45, 2.75) is 90.3 Å². The minimum Gasteiger partial charge on any atom is -0.307 e. The molecule has 1 aliphatic rings. The van der Waals surface area contributed by atoms with E-state index in [0.717, 1.165) is 25.0 Å². The van der Waals surface area contributed by atoms with Gasteiger partial charge in [-0.1, -0.05) is 51.9 Å². The summed E-state index contributed by atoms with van der Waals surface area (Å²) in [5.41, 5.74) is 0. The van der Waals surface area contributed by atoms with E-state index in [-0.39, 0.29) is 0 Å². The van der Waals surface area contributed by atoms with Crippen LogP contribution in [0.2, 0.25) is 0 Å². The van der Waals surface area contributed by atoms with E-state index in [4.69, 9.17) is 0 Å². The van der Waals surface area contributed by atoms with E-state index >= 15 is 0 Å². The summed E-state index contributed by atoms with van der Waals surface area (Å²) in [5, 5.41) is 7.84. The third-order valence-electron chi connectivity index (χ3n) is 4.05. The number of aryl methyl sites for hydroxylation is 1. The minimum absolute atomic E-state index is 0.739. The van der Waals surface area contributed by atoms with Crippen LogP contribution in [-0.4, -0.2) is 20.8 Å². The van der Waals surface area contributed by atoms with Crippen LogP contribution < -0.4 is 5.32 Å². The monoisotopic (exact) mass is 278 g/mol. The third-order valence-corrected chi connectivity index (χ3v) is 4.05. The van der Waals surface area contributed by atoms with Crippen molar-refractivity contribution < 1.29 is 0 Å². The summed E-state index contributed by atoms with van der Waals surface area (Å²) in [6.07, 6.45) is 15.2. The molecule has 1 N–H and O–H groups in total. The molecular formula is C16H30N4. The predicted octanol–water partition coefficient (Wildman–Crippen LogP) is 3.67. The molecule has 20 heavy (non-hydrogen) atoms. The number of hydrogen-bond donors (Lipinski definition) is 1. The summed E-state index contributed by atoms with van der Waals surface area (Å²) in [4.78, 5) is 4.35. The first-order valence-corrected chi connectivity index (χ1v) is 8.50. The lowest BCUT2D eigenvalue weighted by Gasteiger charge is -2.07.